The van der Waals surface area contributed by atoms with E-state index in [1.54, 1.807) is 6.07 Å². The molecule has 2 rings (SSSR count). The highest BCUT2D eigenvalue weighted by Crippen LogP contribution is 2.22. The molecule has 7 heteroatoms. The number of benzene rings is 1. The van der Waals surface area contributed by atoms with E-state index in [1.807, 2.05) is 0 Å². The number of hydrazone groups is 1. The van der Waals surface area contributed by atoms with Crippen molar-refractivity contribution in [3.63, 3.8) is 0 Å². The fourth-order valence-corrected chi connectivity index (χ4v) is 1.92. The molecule has 0 aliphatic carbocycles. The van der Waals surface area contributed by atoms with Crippen LogP contribution in [0.1, 0.15) is 5.56 Å². The molecular formula is C12H7Cl3FN3. The van der Waals surface area contributed by atoms with Gasteiger partial charge < -0.3 is 0 Å². The third-order valence-corrected chi connectivity index (χ3v) is 3.00. The van der Waals surface area contributed by atoms with Crippen LogP contribution in [-0.4, -0.2) is 11.2 Å². The van der Waals surface area contributed by atoms with Gasteiger partial charge in [0.1, 0.15) is 5.82 Å². The van der Waals surface area contributed by atoms with Crippen molar-refractivity contribution in [1.29, 1.82) is 0 Å². The van der Waals surface area contributed by atoms with Gasteiger partial charge in [0.05, 0.1) is 21.3 Å². The van der Waals surface area contributed by atoms with Crippen LogP contribution in [0.2, 0.25) is 15.1 Å². The van der Waals surface area contributed by atoms with Gasteiger partial charge in [-0.1, -0.05) is 40.9 Å². The van der Waals surface area contributed by atoms with Gasteiger partial charge in [0.2, 0.25) is 0 Å². The fraction of sp³-hybridized carbons (Fsp3) is 0. The molecule has 0 unspecified atom stereocenters. The van der Waals surface area contributed by atoms with Gasteiger partial charge in [-0.3, -0.25) is 5.43 Å². The van der Waals surface area contributed by atoms with E-state index in [-0.39, 0.29) is 10.6 Å². The Labute approximate surface area is 124 Å². The summed E-state index contributed by atoms with van der Waals surface area (Å²) in [5.74, 6) is -0.150. The van der Waals surface area contributed by atoms with Gasteiger partial charge in [0.15, 0.2) is 5.82 Å². The summed E-state index contributed by atoms with van der Waals surface area (Å²) >= 11 is 17.4. The average molecular weight is 319 g/mol. The molecule has 0 bridgehead atoms. The van der Waals surface area contributed by atoms with Crippen molar-refractivity contribution in [1.82, 2.24) is 4.98 Å². The molecule has 2 aromatic rings. The quantitative estimate of drug-likeness (QED) is 0.662. The zero-order chi connectivity index (χ0) is 13.8. The molecule has 1 N–H and O–H groups in total. The summed E-state index contributed by atoms with van der Waals surface area (Å²) in [7, 11) is 0. The van der Waals surface area contributed by atoms with Gasteiger partial charge in [-0.25, -0.2) is 9.37 Å². The van der Waals surface area contributed by atoms with Gasteiger partial charge in [-0.15, -0.1) is 0 Å². The SMILES string of the molecule is Fc1cccc(Cl)c1C=NNc1ncc(Cl)cc1Cl. The minimum atomic E-state index is -0.465. The number of hydrogen-bond acceptors (Lipinski definition) is 3. The summed E-state index contributed by atoms with van der Waals surface area (Å²) in [5, 5.41) is 4.82. The van der Waals surface area contributed by atoms with Gasteiger partial charge in [-0.05, 0) is 18.2 Å². The first kappa shape index (κ1) is 14.1. The molecule has 0 spiro atoms. The number of rotatable bonds is 3. The van der Waals surface area contributed by atoms with Crippen molar-refractivity contribution in [2.75, 3.05) is 5.43 Å². The van der Waals surface area contributed by atoms with E-state index in [0.717, 1.165) is 0 Å². The first-order valence-corrected chi connectivity index (χ1v) is 6.25. The maximum Gasteiger partial charge on any atom is 0.165 e. The molecule has 0 fully saturated rings. The van der Waals surface area contributed by atoms with Crippen molar-refractivity contribution in [2.24, 2.45) is 5.10 Å². The third kappa shape index (κ3) is 3.56. The van der Waals surface area contributed by atoms with Crippen LogP contribution in [0.3, 0.4) is 0 Å². The Bertz CT molecular complexity index is 611. The van der Waals surface area contributed by atoms with Crippen molar-refractivity contribution in [3.05, 3.63) is 56.9 Å². The minimum absolute atomic E-state index is 0.182. The molecule has 0 saturated carbocycles. The molecule has 1 aromatic heterocycles. The Morgan fingerprint density at radius 2 is 2.00 bits per heavy atom. The van der Waals surface area contributed by atoms with E-state index in [1.165, 1.54) is 30.6 Å². The third-order valence-electron chi connectivity index (χ3n) is 2.17. The van der Waals surface area contributed by atoms with E-state index in [9.17, 15) is 4.39 Å². The summed E-state index contributed by atoms with van der Waals surface area (Å²) in [6.45, 7) is 0. The minimum Gasteiger partial charge on any atom is -0.260 e. The van der Waals surface area contributed by atoms with Crippen molar-refractivity contribution in [3.8, 4) is 0 Å². The lowest BCUT2D eigenvalue weighted by Crippen LogP contribution is -1.96. The first-order valence-electron chi connectivity index (χ1n) is 5.12. The molecule has 1 heterocycles. The summed E-state index contributed by atoms with van der Waals surface area (Å²) < 4.78 is 13.4. The van der Waals surface area contributed by atoms with Gasteiger partial charge in [-0.2, -0.15) is 5.10 Å². The van der Waals surface area contributed by atoms with Crippen molar-refractivity contribution in [2.45, 2.75) is 0 Å². The highest BCUT2D eigenvalue weighted by atomic mass is 35.5. The monoisotopic (exact) mass is 317 g/mol. The normalized spacial score (nSPS) is 10.9. The molecule has 0 amide bonds. The van der Waals surface area contributed by atoms with E-state index in [2.05, 4.69) is 15.5 Å². The molecule has 0 saturated heterocycles. The van der Waals surface area contributed by atoms with Crippen molar-refractivity contribution >= 4 is 46.8 Å². The Hall–Kier alpha value is -1.36. The molecule has 0 aliphatic rings. The zero-order valence-electron chi connectivity index (χ0n) is 9.37. The van der Waals surface area contributed by atoms with Crippen LogP contribution in [0.25, 0.3) is 0 Å². The van der Waals surface area contributed by atoms with Crippen LogP contribution < -0.4 is 5.43 Å². The second kappa shape index (κ2) is 6.19. The predicted octanol–water partition coefficient (Wildman–Crippen LogP) is 4.63. The van der Waals surface area contributed by atoms with E-state index in [0.29, 0.717) is 15.9 Å². The molecule has 3 nitrogen and oxygen atoms in total. The summed E-state index contributed by atoms with van der Waals surface area (Å²) in [5.41, 5.74) is 2.77. The van der Waals surface area contributed by atoms with Crippen LogP contribution >= 0.6 is 34.8 Å². The second-order valence-electron chi connectivity index (χ2n) is 3.49. The Morgan fingerprint density at radius 1 is 1.21 bits per heavy atom. The highest BCUT2D eigenvalue weighted by Gasteiger charge is 2.04. The summed E-state index contributed by atoms with van der Waals surface area (Å²) in [4.78, 5) is 3.94. The second-order valence-corrected chi connectivity index (χ2v) is 4.74. The number of halogens is 4. The molecular weight excluding hydrogens is 312 g/mol. The number of pyridine rings is 1. The van der Waals surface area contributed by atoms with Gasteiger partial charge >= 0.3 is 0 Å². The molecule has 1 aromatic carbocycles. The Balaban J connectivity index is 2.16. The van der Waals surface area contributed by atoms with Crippen molar-refractivity contribution < 1.29 is 4.39 Å². The van der Waals surface area contributed by atoms with E-state index < -0.39 is 5.82 Å². The standard InChI is InChI=1S/C12H7Cl3FN3/c13-7-4-10(15)12(17-5-7)19-18-6-8-9(14)2-1-3-11(8)16/h1-6H,(H,17,19). The number of anilines is 1. The smallest absolute Gasteiger partial charge is 0.165 e. The maximum atomic E-state index is 13.4. The van der Waals surface area contributed by atoms with Crippen LogP contribution in [0.5, 0.6) is 0 Å². The van der Waals surface area contributed by atoms with Gasteiger partial charge in [0, 0.05) is 11.8 Å². The predicted molar refractivity (Wildman–Crippen MR) is 76.9 cm³/mol. The summed E-state index contributed by atoms with van der Waals surface area (Å²) in [6.07, 6.45) is 2.67. The lowest BCUT2D eigenvalue weighted by Gasteiger charge is -2.03. The Morgan fingerprint density at radius 3 is 2.68 bits per heavy atom. The first-order chi connectivity index (χ1) is 9.08. The molecule has 0 radical (unpaired) electrons. The average Bonchev–Trinajstić information content (AvgIpc) is 2.35. The van der Waals surface area contributed by atoms with Gasteiger partial charge in [0.25, 0.3) is 0 Å². The zero-order valence-corrected chi connectivity index (χ0v) is 11.6. The molecule has 0 atom stereocenters. The highest BCUT2D eigenvalue weighted by molar-refractivity contribution is 6.36. The largest absolute Gasteiger partial charge is 0.260 e. The maximum absolute atomic E-state index is 13.4. The number of nitrogens with one attached hydrogen (secondary N) is 1. The van der Waals surface area contributed by atoms with Crippen LogP contribution in [0, 0.1) is 5.82 Å². The fourth-order valence-electron chi connectivity index (χ4n) is 1.29. The molecule has 98 valence electrons. The van der Waals surface area contributed by atoms with Crippen LogP contribution in [-0.2, 0) is 0 Å². The van der Waals surface area contributed by atoms with E-state index in [4.69, 9.17) is 34.8 Å². The summed E-state index contributed by atoms with van der Waals surface area (Å²) in [6, 6.07) is 5.89. The lowest BCUT2D eigenvalue weighted by atomic mass is 10.2. The van der Waals surface area contributed by atoms with Crippen LogP contribution in [0.4, 0.5) is 10.2 Å². The lowest BCUT2D eigenvalue weighted by molar-refractivity contribution is 0.626. The van der Waals surface area contributed by atoms with Crippen LogP contribution in [0.15, 0.2) is 35.6 Å². The number of nitrogens with zero attached hydrogens (tertiary/aromatic N) is 2. The Kier molecular flexibility index (Phi) is 4.58. The molecule has 0 aliphatic heterocycles. The van der Waals surface area contributed by atoms with E-state index >= 15 is 0 Å². The molecule has 19 heavy (non-hydrogen) atoms. The topological polar surface area (TPSA) is 37.3 Å². The number of hydrogen-bond donors (Lipinski definition) is 1. The number of aromatic nitrogens is 1.